The van der Waals surface area contributed by atoms with Crippen LogP contribution < -0.4 is 4.74 Å². The Hall–Kier alpha value is -6.07. The molecular formula is C51H37N3O2. The molecule has 0 saturated heterocycles. The summed E-state index contributed by atoms with van der Waals surface area (Å²) in [6.45, 7) is 0. The van der Waals surface area contributed by atoms with Gasteiger partial charge in [0.2, 0.25) is 0 Å². The molecule has 2 spiro atoms. The van der Waals surface area contributed by atoms with Crippen molar-refractivity contribution in [3.05, 3.63) is 162 Å². The fourth-order valence-corrected chi connectivity index (χ4v) is 13.4. The molecule has 56 heavy (non-hydrogen) atoms. The molecule has 0 amide bonds. The zero-order valence-electron chi connectivity index (χ0n) is 30.8. The van der Waals surface area contributed by atoms with Gasteiger partial charge in [-0.2, -0.15) is 0 Å². The number of fused-ring (bicyclic) bond motifs is 14. The average molecular weight is 724 g/mol. The summed E-state index contributed by atoms with van der Waals surface area (Å²) in [5.74, 6) is 6.79. The van der Waals surface area contributed by atoms with E-state index in [0.717, 1.165) is 90.9 Å². The first kappa shape index (κ1) is 30.2. The highest BCUT2D eigenvalue weighted by molar-refractivity contribution is 6.06. The van der Waals surface area contributed by atoms with Crippen LogP contribution in [-0.4, -0.2) is 15.0 Å². The molecule has 4 fully saturated rings. The summed E-state index contributed by atoms with van der Waals surface area (Å²) in [4.78, 5) is 16.7. The van der Waals surface area contributed by atoms with Crippen molar-refractivity contribution >= 4 is 21.9 Å². The van der Waals surface area contributed by atoms with E-state index in [1.54, 1.807) is 0 Å². The molecule has 14 rings (SSSR count). The molecule has 4 saturated carbocycles. The van der Waals surface area contributed by atoms with Crippen molar-refractivity contribution in [3.8, 4) is 45.4 Å². The van der Waals surface area contributed by atoms with Gasteiger partial charge in [-0.3, -0.25) is 0 Å². The summed E-state index contributed by atoms with van der Waals surface area (Å²) >= 11 is 0. The number of furan rings is 1. The standard InChI is InChI=1S/C51H37N3O2/c1-3-13-37-34(11-1)45-35(12-9-16-40(45)51(37)38-14-4-7-18-43(38)56-44-19-8-5-15-39(44)51)47-52-46(30-20-21-42-36(23-30)33-10-2-6-17-41(33)55-42)53-48(54-47)49-25-29-22-31-24-32(27-49)50(31,26-29)28-49/h1-21,23,29,31-32H,22,24-28H2/t29-,31-,32?,49?,50?/m0/s1. The summed E-state index contributed by atoms with van der Waals surface area (Å²) in [6, 6.07) is 47.6. The Morgan fingerprint density at radius 3 is 2.12 bits per heavy atom. The predicted molar refractivity (Wildman–Crippen MR) is 218 cm³/mol. The smallest absolute Gasteiger partial charge is 0.164 e. The van der Waals surface area contributed by atoms with Gasteiger partial charge in [-0.05, 0) is 120 Å². The predicted octanol–water partition coefficient (Wildman–Crippen LogP) is 12.0. The zero-order valence-corrected chi connectivity index (χ0v) is 30.8. The summed E-state index contributed by atoms with van der Waals surface area (Å²) < 4.78 is 12.9. The lowest BCUT2D eigenvalue weighted by atomic mass is 9.55. The topological polar surface area (TPSA) is 61.0 Å². The Balaban J connectivity index is 1.04. The molecule has 8 aromatic rings. The van der Waals surface area contributed by atoms with Crippen molar-refractivity contribution in [1.29, 1.82) is 0 Å². The highest BCUT2D eigenvalue weighted by Crippen LogP contribution is 2.78. The maximum absolute atomic E-state index is 6.63. The number of para-hydroxylation sites is 3. The van der Waals surface area contributed by atoms with Gasteiger partial charge < -0.3 is 9.15 Å². The first-order valence-corrected chi connectivity index (χ1v) is 20.4. The summed E-state index contributed by atoms with van der Waals surface area (Å²) in [6.07, 6.45) is 7.84. The van der Waals surface area contributed by atoms with E-state index in [9.17, 15) is 0 Å². The van der Waals surface area contributed by atoms with Crippen LogP contribution >= 0.6 is 0 Å². The Kier molecular flexibility index (Phi) is 5.50. The van der Waals surface area contributed by atoms with Crippen LogP contribution in [-0.2, 0) is 10.8 Å². The summed E-state index contributed by atoms with van der Waals surface area (Å²) in [7, 11) is 0. The number of benzene rings is 6. The first-order valence-electron chi connectivity index (χ1n) is 20.4. The number of hydrogen-bond acceptors (Lipinski definition) is 5. The second-order valence-electron chi connectivity index (χ2n) is 17.8. The van der Waals surface area contributed by atoms with Crippen LogP contribution in [0.15, 0.2) is 138 Å². The Morgan fingerprint density at radius 2 is 1.25 bits per heavy atom. The highest BCUT2D eigenvalue weighted by Gasteiger charge is 2.72. The molecular weight excluding hydrogens is 687 g/mol. The largest absolute Gasteiger partial charge is 0.457 e. The monoisotopic (exact) mass is 723 g/mol. The van der Waals surface area contributed by atoms with Crippen molar-refractivity contribution in [1.82, 2.24) is 15.0 Å². The van der Waals surface area contributed by atoms with E-state index in [2.05, 4.69) is 121 Å². The summed E-state index contributed by atoms with van der Waals surface area (Å²) in [5, 5.41) is 2.20. The molecule has 5 aliphatic carbocycles. The second kappa shape index (κ2) is 10.2. The van der Waals surface area contributed by atoms with E-state index in [4.69, 9.17) is 24.1 Å². The maximum Gasteiger partial charge on any atom is 0.164 e. The third kappa shape index (κ3) is 3.57. The van der Waals surface area contributed by atoms with Gasteiger partial charge in [0.25, 0.3) is 0 Å². The van der Waals surface area contributed by atoms with E-state index in [1.165, 1.54) is 60.8 Å². The normalized spacial score (nSPS) is 26.4. The van der Waals surface area contributed by atoms with Crippen LogP contribution in [0, 0.1) is 23.2 Å². The van der Waals surface area contributed by atoms with Crippen molar-refractivity contribution in [3.63, 3.8) is 0 Å². The molecule has 2 aromatic heterocycles. The van der Waals surface area contributed by atoms with Crippen molar-refractivity contribution in [2.45, 2.75) is 49.4 Å². The van der Waals surface area contributed by atoms with Crippen LogP contribution in [0.1, 0.15) is 66.6 Å². The van der Waals surface area contributed by atoms with Crippen LogP contribution in [0.3, 0.4) is 0 Å². The molecule has 1 aliphatic heterocycles. The minimum absolute atomic E-state index is 0.00656. The molecule has 5 atom stereocenters. The van der Waals surface area contributed by atoms with E-state index in [1.807, 2.05) is 12.1 Å². The number of rotatable bonds is 3. The molecule has 0 radical (unpaired) electrons. The van der Waals surface area contributed by atoms with Gasteiger partial charge in [0, 0.05) is 38.4 Å². The molecule has 0 N–H and O–H groups in total. The Labute approximate surface area is 324 Å². The second-order valence-corrected chi connectivity index (χ2v) is 17.8. The number of ether oxygens (including phenoxy) is 1. The van der Waals surface area contributed by atoms with E-state index in [-0.39, 0.29) is 5.41 Å². The van der Waals surface area contributed by atoms with E-state index in [0.29, 0.717) is 5.41 Å². The maximum atomic E-state index is 6.63. The van der Waals surface area contributed by atoms with Gasteiger partial charge in [-0.15, -0.1) is 0 Å². The van der Waals surface area contributed by atoms with Crippen molar-refractivity contribution in [2.24, 2.45) is 23.2 Å². The van der Waals surface area contributed by atoms with E-state index >= 15 is 0 Å². The SMILES string of the molecule is c1ccc2c(c1)Oc1ccccc1C21c2ccccc2-c2c(-c3nc(-c4ccc5oc6ccccc6c5c4)nc(C45CC6C[C@@H]7C[C@@H](C4)CC67C5)n3)cccc21. The molecule has 3 unspecified atom stereocenters. The molecule has 3 heterocycles. The van der Waals surface area contributed by atoms with Crippen molar-refractivity contribution < 1.29 is 9.15 Å². The average Bonchev–Trinajstić information content (AvgIpc) is 3.88. The molecule has 268 valence electrons. The van der Waals surface area contributed by atoms with Crippen LogP contribution in [0.2, 0.25) is 0 Å². The highest BCUT2D eigenvalue weighted by atomic mass is 16.5. The molecule has 3 bridgehead atoms. The molecule has 5 heteroatoms. The Bertz CT molecular complexity index is 2990. The number of hydrogen-bond donors (Lipinski definition) is 0. The fraction of sp³-hybridized carbons (Fsp3) is 0.235. The summed E-state index contributed by atoms with van der Waals surface area (Å²) in [5.41, 5.74) is 11.0. The first-order chi connectivity index (χ1) is 27.6. The quantitative estimate of drug-likeness (QED) is 0.182. The van der Waals surface area contributed by atoms with Gasteiger partial charge in [0.05, 0.1) is 5.41 Å². The molecule has 5 nitrogen and oxygen atoms in total. The minimum Gasteiger partial charge on any atom is -0.457 e. The van der Waals surface area contributed by atoms with Crippen LogP contribution in [0.5, 0.6) is 11.5 Å². The van der Waals surface area contributed by atoms with Crippen LogP contribution in [0.4, 0.5) is 0 Å². The van der Waals surface area contributed by atoms with Gasteiger partial charge in [-0.25, -0.2) is 15.0 Å². The van der Waals surface area contributed by atoms with Gasteiger partial charge >= 0.3 is 0 Å². The zero-order chi connectivity index (χ0) is 36.4. The third-order valence-electron chi connectivity index (χ3n) is 15.3. The third-order valence-corrected chi connectivity index (χ3v) is 15.3. The lowest BCUT2D eigenvalue weighted by Gasteiger charge is -2.49. The fourth-order valence-electron chi connectivity index (χ4n) is 13.4. The lowest BCUT2D eigenvalue weighted by molar-refractivity contribution is -0.000324. The van der Waals surface area contributed by atoms with Crippen molar-refractivity contribution in [2.75, 3.05) is 0 Å². The molecule has 6 aromatic carbocycles. The van der Waals surface area contributed by atoms with Gasteiger partial charge in [-0.1, -0.05) is 97.1 Å². The molecule has 6 aliphatic rings. The minimum atomic E-state index is -0.556. The lowest BCUT2D eigenvalue weighted by Crippen LogP contribution is -2.42. The van der Waals surface area contributed by atoms with Gasteiger partial charge in [0.15, 0.2) is 11.6 Å². The van der Waals surface area contributed by atoms with Gasteiger partial charge in [0.1, 0.15) is 28.5 Å². The number of aromatic nitrogens is 3. The number of nitrogens with zero attached hydrogens (tertiary/aromatic N) is 3. The van der Waals surface area contributed by atoms with E-state index < -0.39 is 5.41 Å². The Morgan fingerprint density at radius 1 is 0.536 bits per heavy atom. The van der Waals surface area contributed by atoms with Crippen LogP contribution in [0.25, 0.3) is 55.8 Å².